The fraction of sp³-hybridized carbons (Fsp3) is 0.320. The molecule has 0 bridgehead atoms. The number of hydrogen-bond acceptors (Lipinski definition) is 4. The molecule has 2 N–H and O–H groups in total. The highest BCUT2D eigenvalue weighted by molar-refractivity contribution is 5.94. The summed E-state index contributed by atoms with van der Waals surface area (Å²) in [4.78, 5) is 24.9. The van der Waals surface area contributed by atoms with E-state index in [1.54, 1.807) is 6.07 Å². The van der Waals surface area contributed by atoms with E-state index in [1.165, 1.54) is 7.11 Å². The van der Waals surface area contributed by atoms with Crippen LogP contribution in [0.1, 0.15) is 46.6 Å². The number of anilines is 1. The molecular weight excluding hydrogens is 404 g/mol. The number of nitrogens with one attached hydrogen (secondary N) is 2. The van der Waals surface area contributed by atoms with Gasteiger partial charge >= 0.3 is 0 Å². The molecule has 0 fully saturated rings. The van der Waals surface area contributed by atoms with Crippen LogP contribution in [0.3, 0.4) is 0 Å². The van der Waals surface area contributed by atoms with Crippen molar-refractivity contribution in [2.24, 2.45) is 0 Å². The van der Waals surface area contributed by atoms with E-state index in [-0.39, 0.29) is 18.4 Å². The van der Waals surface area contributed by atoms with E-state index in [2.05, 4.69) is 10.6 Å². The largest absolute Gasteiger partial charge is 0.375 e. The van der Waals surface area contributed by atoms with Crippen molar-refractivity contribution >= 4 is 17.5 Å². The molecule has 32 heavy (non-hydrogen) atoms. The maximum absolute atomic E-state index is 13.1. The molecule has 1 aliphatic rings. The maximum atomic E-state index is 13.1. The molecule has 7 heteroatoms. The number of carbonyl (C=O) groups is 2. The lowest BCUT2D eigenvalue weighted by Crippen LogP contribution is -2.24. The molecule has 2 aromatic carbocycles. The summed E-state index contributed by atoms with van der Waals surface area (Å²) in [5, 5.41) is 10.5. The third kappa shape index (κ3) is 5.06. The summed E-state index contributed by atoms with van der Waals surface area (Å²) >= 11 is 0. The molecule has 1 heterocycles. The fourth-order valence-electron chi connectivity index (χ4n) is 4.09. The number of rotatable bonds is 7. The van der Waals surface area contributed by atoms with E-state index in [0.29, 0.717) is 17.9 Å². The van der Waals surface area contributed by atoms with Crippen LogP contribution in [0, 0.1) is 0 Å². The lowest BCUT2D eigenvalue weighted by Gasteiger charge is -2.08. The number of amides is 2. The van der Waals surface area contributed by atoms with Crippen LogP contribution in [0.25, 0.3) is 5.69 Å². The van der Waals surface area contributed by atoms with Crippen molar-refractivity contribution in [2.45, 2.75) is 38.6 Å². The van der Waals surface area contributed by atoms with Crippen molar-refractivity contribution in [1.82, 2.24) is 15.1 Å². The van der Waals surface area contributed by atoms with Crippen molar-refractivity contribution in [3.05, 3.63) is 77.1 Å². The third-order valence-corrected chi connectivity index (χ3v) is 5.59. The number of ether oxygens (including phenoxy) is 1. The Morgan fingerprint density at radius 1 is 1.03 bits per heavy atom. The van der Waals surface area contributed by atoms with Gasteiger partial charge in [-0.15, -0.1) is 0 Å². The fourth-order valence-corrected chi connectivity index (χ4v) is 4.09. The predicted molar refractivity (Wildman–Crippen MR) is 123 cm³/mol. The molecule has 0 spiro atoms. The van der Waals surface area contributed by atoms with Crippen molar-refractivity contribution < 1.29 is 14.3 Å². The summed E-state index contributed by atoms with van der Waals surface area (Å²) in [5.74, 6) is -0.394. The van der Waals surface area contributed by atoms with Crippen LogP contribution >= 0.6 is 0 Å². The minimum Gasteiger partial charge on any atom is -0.375 e. The van der Waals surface area contributed by atoms with E-state index in [4.69, 9.17) is 9.84 Å². The van der Waals surface area contributed by atoms with Gasteiger partial charge in [-0.3, -0.25) is 9.59 Å². The number of carbonyl (C=O) groups excluding carboxylic acids is 2. The summed E-state index contributed by atoms with van der Waals surface area (Å²) in [6.07, 6.45) is 5.12. The van der Waals surface area contributed by atoms with E-state index in [1.807, 2.05) is 53.2 Å². The highest BCUT2D eigenvalue weighted by Crippen LogP contribution is 2.26. The van der Waals surface area contributed by atoms with Gasteiger partial charge < -0.3 is 15.4 Å². The van der Waals surface area contributed by atoms with Crippen molar-refractivity contribution in [1.29, 1.82) is 0 Å². The third-order valence-electron chi connectivity index (χ3n) is 5.59. The van der Waals surface area contributed by atoms with E-state index in [9.17, 15) is 9.59 Å². The van der Waals surface area contributed by atoms with E-state index >= 15 is 0 Å². The molecule has 4 rings (SSSR count). The summed E-state index contributed by atoms with van der Waals surface area (Å²) < 4.78 is 6.78. The van der Waals surface area contributed by atoms with Crippen LogP contribution < -0.4 is 10.6 Å². The van der Waals surface area contributed by atoms with Gasteiger partial charge in [0.1, 0.15) is 6.61 Å². The lowest BCUT2D eigenvalue weighted by molar-refractivity contribution is -0.119. The topological polar surface area (TPSA) is 85.2 Å². The van der Waals surface area contributed by atoms with Gasteiger partial charge in [-0.2, -0.15) is 5.10 Å². The van der Waals surface area contributed by atoms with E-state index in [0.717, 1.165) is 54.6 Å². The van der Waals surface area contributed by atoms with Crippen molar-refractivity contribution in [3.8, 4) is 5.69 Å². The van der Waals surface area contributed by atoms with Gasteiger partial charge in [0.25, 0.3) is 5.91 Å². The van der Waals surface area contributed by atoms with Gasteiger partial charge in [0.05, 0.1) is 5.69 Å². The van der Waals surface area contributed by atoms with Crippen LogP contribution in [-0.4, -0.2) is 35.3 Å². The minimum atomic E-state index is -0.220. The minimum absolute atomic E-state index is 0.00382. The second kappa shape index (κ2) is 10.2. The van der Waals surface area contributed by atoms with Crippen LogP contribution in [0.5, 0.6) is 0 Å². The number of methoxy groups -OCH3 is 1. The van der Waals surface area contributed by atoms with Gasteiger partial charge in [0.2, 0.25) is 5.91 Å². The Morgan fingerprint density at radius 2 is 1.84 bits per heavy atom. The number of hydrogen-bond donors (Lipinski definition) is 2. The molecule has 0 saturated carbocycles. The van der Waals surface area contributed by atoms with Crippen LogP contribution in [-0.2, 0) is 28.9 Å². The Hall–Kier alpha value is -3.45. The van der Waals surface area contributed by atoms with Gasteiger partial charge in [-0.25, -0.2) is 4.68 Å². The number of aromatic nitrogens is 2. The SMILES string of the molecule is COCC(=O)Nc1cccc(CNC(=O)c2nn(-c3ccccc3)c3c2CCCCC3)c1. The first-order valence-corrected chi connectivity index (χ1v) is 11.0. The Morgan fingerprint density at radius 3 is 2.66 bits per heavy atom. The normalized spacial score (nSPS) is 13.2. The standard InChI is InChI=1S/C25H28N4O3/c1-32-17-23(30)27-19-10-8-9-18(15-19)16-26-25(31)24-21-13-6-3-7-14-22(21)29(28-24)20-11-4-2-5-12-20/h2,4-5,8-12,15H,3,6-7,13-14,16-17H2,1H3,(H,26,31)(H,27,30). The number of para-hydroxylation sites is 1. The summed E-state index contributed by atoms with van der Waals surface area (Å²) in [6, 6.07) is 17.4. The highest BCUT2D eigenvalue weighted by Gasteiger charge is 2.24. The monoisotopic (exact) mass is 432 g/mol. The molecule has 1 aromatic heterocycles. The van der Waals surface area contributed by atoms with Gasteiger partial charge in [0.15, 0.2) is 5.69 Å². The average molecular weight is 433 g/mol. The molecule has 0 atom stereocenters. The Balaban J connectivity index is 1.52. The van der Waals surface area contributed by atoms with Crippen molar-refractivity contribution in [2.75, 3.05) is 19.0 Å². The summed E-state index contributed by atoms with van der Waals surface area (Å²) in [7, 11) is 1.48. The average Bonchev–Trinajstić information content (AvgIpc) is 2.99. The predicted octanol–water partition coefficient (Wildman–Crippen LogP) is 3.66. The van der Waals surface area contributed by atoms with Gasteiger partial charge in [-0.05, 0) is 55.5 Å². The van der Waals surface area contributed by atoms with Gasteiger partial charge in [-0.1, -0.05) is 36.8 Å². The zero-order valence-electron chi connectivity index (χ0n) is 18.3. The molecule has 3 aromatic rings. The second-order valence-corrected chi connectivity index (χ2v) is 7.95. The van der Waals surface area contributed by atoms with E-state index < -0.39 is 0 Å². The molecule has 0 saturated heterocycles. The number of benzene rings is 2. The molecule has 0 aliphatic heterocycles. The quantitative estimate of drug-likeness (QED) is 0.558. The first-order valence-electron chi connectivity index (χ1n) is 11.0. The molecule has 1 aliphatic carbocycles. The Bertz CT molecular complexity index is 1090. The highest BCUT2D eigenvalue weighted by atomic mass is 16.5. The first kappa shape index (κ1) is 21.8. The smallest absolute Gasteiger partial charge is 0.272 e. The zero-order chi connectivity index (χ0) is 22.3. The van der Waals surface area contributed by atoms with Crippen LogP contribution in [0.4, 0.5) is 5.69 Å². The number of nitrogens with zero attached hydrogens (tertiary/aromatic N) is 2. The molecule has 0 unspecified atom stereocenters. The summed E-state index contributed by atoms with van der Waals surface area (Å²) in [5.41, 5.74) is 5.24. The van der Waals surface area contributed by atoms with Crippen molar-refractivity contribution in [3.63, 3.8) is 0 Å². The molecule has 2 amide bonds. The van der Waals surface area contributed by atoms with Crippen LogP contribution in [0.15, 0.2) is 54.6 Å². The zero-order valence-corrected chi connectivity index (χ0v) is 18.3. The first-order chi connectivity index (χ1) is 15.7. The molecule has 166 valence electrons. The summed E-state index contributed by atoms with van der Waals surface area (Å²) in [6.45, 7) is 0.343. The van der Waals surface area contributed by atoms with Crippen LogP contribution in [0.2, 0.25) is 0 Å². The maximum Gasteiger partial charge on any atom is 0.272 e. The number of fused-ring (bicyclic) bond motifs is 1. The van der Waals surface area contributed by atoms with Gasteiger partial charge in [0, 0.05) is 30.6 Å². The molecule has 0 radical (unpaired) electrons. The lowest BCUT2D eigenvalue weighted by atomic mass is 10.1. The molecular formula is C25H28N4O3. The Labute approximate surface area is 187 Å². The Kier molecular flexibility index (Phi) is 6.97. The second-order valence-electron chi connectivity index (χ2n) is 7.95. The molecule has 7 nitrogen and oxygen atoms in total.